The lowest BCUT2D eigenvalue weighted by atomic mass is 10.1. The lowest BCUT2D eigenvalue weighted by Gasteiger charge is -2.15. The molecule has 0 aromatic rings. The van der Waals surface area contributed by atoms with Gasteiger partial charge < -0.3 is 15.3 Å². The van der Waals surface area contributed by atoms with Gasteiger partial charge in [0.25, 0.3) is 0 Å². The van der Waals surface area contributed by atoms with Crippen molar-refractivity contribution in [1.29, 1.82) is 0 Å². The maximum atomic E-state index is 10.9. The van der Waals surface area contributed by atoms with Crippen LogP contribution in [0, 0.1) is 12.0 Å². The number of hydrogen-bond donors (Lipinski definition) is 2. The van der Waals surface area contributed by atoms with Crippen molar-refractivity contribution < 1.29 is 14.5 Å². The van der Waals surface area contributed by atoms with E-state index in [0.29, 0.717) is 6.54 Å². The molecule has 29 heavy (non-hydrogen) atoms. The molecule has 0 bridgehead atoms. The number of hydrogen-bond acceptors (Lipinski definition) is 3. The molecular weight excluding hydrogens is 362 g/mol. The quantitative estimate of drug-likeness (QED) is 0.204. The van der Waals surface area contributed by atoms with E-state index in [4.69, 9.17) is 5.11 Å². The molecule has 0 saturated carbocycles. The van der Waals surface area contributed by atoms with Crippen LogP contribution < -0.4 is 5.32 Å². The largest absolute Gasteiger partial charge is 0.477 e. The minimum Gasteiger partial charge on any atom is -0.477 e. The summed E-state index contributed by atoms with van der Waals surface area (Å²) in [6.07, 6.45) is 16.6. The Bertz CT molecular complexity index is 534. The highest BCUT2D eigenvalue weighted by molar-refractivity contribution is 5.94. The molecule has 0 atom stereocenters. The molecule has 0 fully saturated rings. The van der Waals surface area contributed by atoms with E-state index in [1.807, 2.05) is 11.5 Å². The van der Waals surface area contributed by atoms with Gasteiger partial charge in [0, 0.05) is 32.0 Å². The summed E-state index contributed by atoms with van der Waals surface area (Å²) >= 11 is 0. The van der Waals surface area contributed by atoms with Gasteiger partial charge in [-0.05, 0) is 13.0 Å². The molecule has 0 amide bonds. The highest BCUT2D eigenvalue weighted by atomic mass is 16.4. The molecule has 1 heterocycles. The normalized spacial score (nSPS) is 13.9. The fourth-order valence-electron chi connectivity index (χ4n) is 3.66. The standard InChI is InChI=1S/C24H43N3O2/c1-3-4-5-6-7-8-9-10-11-12-13-14-16-25-17-19-26-18-15-23(2)27(21-20-26)22-24(28)29/h25H,3-14,16-17,19-22H2,1-2H3/p+1. The topological polar surface area (TPSA) is 55.6 Å². The van der Waals surface area contributed by atoms with Crippen molar-refractivity contribution in [3.05, 3.63) is 0 Å². The smallest absolute Gasteiger partial charge is 0.369 e. The van der Waals surface area contributed by atoms with Gasteiger partial charge in [-0.1, -0.05) is 77.6 Å². The first kappa shape index (κ1) is 25.5. The number of carbonyl (C=O) groups is 1. The number of aliphatic carboxylic acids is 1. The second-order valence-corrected chi connectivity index (χ2v) is 8.26. The minimum absolute atomic E-state index is 0.0333. The molecule has 0 aromatic carbocycles. The monoisotopic (exact) mass is 406 g/mol. The third kappa shape index (κ3) is 14.1. The van der Waals surface area contributed by atoms with Crippen LogP contribution >= 0.6 is 0 Å². The molecule has 1 aliphatic heterocycles. The second-order valence-electron chi connectivity index (χ2n) is 8.26. The van der Waals surface area contributed by atoms with E-state index in [-0.39, 0.29) is 6.54 Å². The van der Waals surface area contributed by atoms with Crippen LogP contribution in [0.25, 0.3) is 0 Å². The summed E-state index contributed by atoms with van der Waals surface area (Å²) in [5.74, 6) is 2.28. The predicted octanol–water partition coefficient (Wildman–Crippen LogP) is 4.11. The van der Waals surface area contributed by atoms with E-state index < -0.39 is 5.97 Å². The van der Waals surface area contributed by atoms with Crippen molar-refractivity contribution in [2.24, 2.45) is 0 Å². The Morgan fingerprint density at radius 3 is 2.17 bits per heavy atom. The zero-order valence-corrected chi connectivity index (χ0v) is 19.0. The maximum Gasteiger partial charge on any atom is 0.369 e. The average molecular weight is 407 g/mol. The fourth-order valence-corrected chi connectivity index (χ4v) is 3.66. The minimum atomic E-state index is -0.802. The molecule has 0 saturated heterocycles. The van der Waals surface area contributed by atoms with Gasteiger partial charge in [0.1, 0.15) is 0 Å². The Labute approximate surface area is 178 Å². The third-order valence-corrected chi connectivity index (χ3v) is 5.60. The summed E-state index contributed by atoms with van der Waals surface area (Å²) < 4.78 is 1.84. The number of nitrogens with one attached hydrogen (secondary N) is 1. The van der Waals surface area contributed by atoms with Gasteiger partial charge in [-0.2, -0.15) is 0 Å². The fraction of sp³-hybridized carbons (Fsp3) is 0.833. The SMILES string of the molecule is CCCCCCCCCCCCCCNCCN1C#CC(C)=[N+](CC(=O)O)CC1. The van der Waals surface area contributed by atoms with Crippen molar-refractivity contribution in [3.63, 3.8) is 0 Å². The highest BCUT2D eigenvalue weighted by Crippen LogP contribution is 2.11. The Hall–Kier alpha value is -1.54. The van der Waals surface area contributed by atoms with Gasteiger partial charge in [0.2, 0.25) is 12.3 Å². The van der Waals surface area contributed by atoms with Crippen LogP contribution in [0.5, 0.6) is 0 Å². The molecule has 0 aromatic heterocycles. The summed E-state index contributed by atoms with van der Waals surface area (Å²) in [5.41, 5.74) is 0.847. The van der Waals surface area contributed by atoms with Crippen molar-refractivity contribution in [1.82, 2.24) is 10.2 Å². The maximum absolute atomic E-state index is 10.9. The lowest BCUT2D eigenvalue weighted by molar-refractivity contribution is -0.517. The molecule has 0 spiro atoms. The average Bonchev–Trinajstić information content (AvgIpc) is 2.86. The number of carboxylic acids is 1. The van der Waals surface area contributed by atoms with Gasteiger partial charge in [0.05, 0.1) is 6.54 Å². The first-order chi connectivity index (χ1) is 14.1. The van der Waals surface area contributed by atoms with Crippen LogP contribution in [0.4, 0.5) is 0 Å². The zero-order chi connectivity index (χ0) is 21.2. The van der Waals surface area contributed by atoms with Crippen LogP contribution in [0.15, 0.2) is 0 Å². The van der Waals surface area contributed by atoms with E-state index in [2.05, 4.69) is 29.1 Å². The van der Waals surface area contributed by atoms with E-state index in [9.17, 15) is 4.79 Å². The first-order valence-corrected chi connectivity index (χ1v) is 11.9. The summed E-state index contributed by atoms with van der Waals surface area (Å²) in [6.45, 7) is 8.60. The number of nitrogens with zero attached hydrogens (tertiary/aromatic N) is 2. The molecule has 0 unspecified atom stereocenters. The molecule has 2 N–H and O–H groups in total. The lowest BCUT2D eigenvalue weighted by Crippen LogP contribution is -2.34. The predicted molar refractivity (Wildman–Crippen MR) is 122 cm³/mol. The summed E-state index contributed by atoms with van der Waals surface area (Å²) in [4.78, 5) is 13.0. The van der Waals surface area contributed by atoms with E-state index in [1.54, 1.807) is 0 Å². The zero-order valence-electron chi connectivity index (χ0n) is 19.0. The molecule has 0 radical (unpaired) electrons. The number of rotatable bonds is 18. The summed E-state index contributed by atoms with van der Waals surface area (Å²) in [7, 11) is 0. The van der Waals surface area contributed by atoms with Gasteiger partial charge in [-0.15, -0.1) is 0 Å². The van der Waals surface area contributed by atoms with Crippen LogP contribution in [0.3, 0.4) is 0 Å². The molecular formula is C24H44N3O2+. The summed E-state index contributed by atoms with van der Waals surface area (Å²) in [6, 6.07) is 3.16. The van der Waals surface area contributed by atoms with Crippen LogP contribution in [0.1, 0.15) is 90.9 Å². The Morgan fingerprint density at radius 2 is 1.59 bits per heavy atom. The molecule has 1 rings (SSSR count). The van der Waals surface area contributed by atoms with Crippen LogP contribution in [0.2, 0.25) is 0 Å². The molecule has 0 aliphatic carbocycles. The van der Waals surface area contributed by atoms with Gasteiger partial charge in [0.15, 0.2) is 6.54 Å². The number of carboxylic acid groups (broad SMARTS) is 1. The van der Waals surface area contributed by atoms with Gasteiger partial charge >= 0.3 is 5.97 Å². The number of unbranched alkanes of at least 4 members (excludes halogenated alkanes) is 11. The molecule has 5 heteroatoms. The highest BCUT2D eigenvalue weighted by Gasteiger charge is 2.17. The van der Waals surface area contributed by atoms with Crippen molar-refractivity contribution in [3.8, 4) is 12.0 Å². The first-order valence-electron chi connectivity index (χ1n) is 11.9. The Kier molecular flexibility index (Phi) is 15.2. The van der Waals surface area contributed by atoms with E-state index in [1.165, 1.54) is 77.0 Å². The van der Waals surface area contributed by atoms with Crippen molar-refractivity contribution in [2.45, 2.75) is 90.9 Å². The van der Waals surface area contributed by atoms with Crippen LogP contribution in [-0.2, 0) is 4.79 Å². The van der Waals surface area contributed by atoms with Crippen molar-refractivity contribution >= 4 is 11.7 Å². The van der Waals surface area contributed by atoms with E-state index >= 15 is 0 Å². The Balaban J connectivity index is 1.91. The third-order valence-electron chi connectivity index (χ3n) is 5.60. The van der Waals surface area contributed by atoms with E-state index in [0.717, 1.165) is 31.9 Å². The Morgan fingerprint density at radius 1 is 1.00 bits per heavy atom. The van der Waals surface area contributed by atoms with Gasteiger partial charge in [-0.3, -0.25) is 0 Å². The molecule has 166 valence electrons. The molecule has 1 aliphatic rings. The summed E-state index contributed by atoms with van der Waals surface area (Å²) in [5, 5.41) is 12.5. The van der Waals surface area contributed by atoms with Gasteiger partial charge in [-0.25, -0.2) is 9.37 Å². The molecule has 5 nitrogen and oxygen atoms in total. The van der Waals surface area contributed by atoms with Crippen LogP contribution in [-0.4, -0.2) is 65.5 Å². The van der Waals surface area contributed by atoms with Crippen molar-refractivity contribution in [2.75, 3.05) is 39.3 Å². The second kappa shape index (κ2) is 17.3.